The van der Waals surface area contributed by atoms with Crippen molar-refractivity contribution in [3.63, 3.8) is 0 Å². The maximum absolute atomic E-state index is 5.86. The molecule has 17 heavy (non-hydrogen) atoms. The molecule has 1 aromatic carbocycles. The van der Waals surface area contributed by atoms with Crippen LogP contribution >= 0.6 is 0 Å². The van der Waals surface area contributed by atoms with Crippen LogP contribution in [0.25, 0.3) is 6.08 Å². The summed E-state index contributed by atoms with van der Waals surface area (Å²) in [5.41, 5.74) is 6.94. The molecule has 0 amide bonds. The van der Waals surface area contributed by atoms with Crippen molar-refractivity contribution in [3.05, 3.63) is 42.0 Å². The highest BCUT2D eigenvalue weighted by molar-refractivity contribution is 5.48. The van der Waals surface area contributed by atoms with Gasteiger partial charge in [-0.15, -0.1) is 0 Å². The van der Waals surface area contributed by atoms with Gasteiger partial charge < -0.3 is 10.5 Å². The minimum atomic E-state index is 0.375. The van der Waals surface area contributed by atoms with Crippen LogP contribution in [0, 0.1) is 5.92 Å². The van der Waals surface area contributed by atoms with Crippen molar-refractivity contribution in [1.82, 2.24) is 0 Å². The van der Waals surface area contributed by atoms with Gasteiger partial charge in [0.2, 0.25) is 0 Å². The van der Waals surface area contributed by atoms with Crippen LogP contribution in [0.1, 0.15) is 24.8 Å². The van der Waals surface area contributed by atoms with E-state index in [0.29, 0.717) is 18.6 Å². The number of nitrogens with two attached hydrogens (primary N) is 1. The average Bonchev–Trinajstić information content (AvgIpc) is 2.83. The fraction of sp³-hybridized carbons (Fsp3) is 0.467. The van der Waals surface area contributed by atoms with Crippen LogP contribution in [0.15, 0.2) is 36.4 Å². The minimum absolute atomic E-state index is 0.375. The first-order chi connectivity index (χ1) is 8.40. The molecule has 1 saturated carbocycles. The summed E-state index contributed by atoms with van der Waals surface area (Å²) in [5, 5.41) is 0. The Morgan fingerprint density at radius 2 is 2.06 bits per heavy atom. The first kappa shape index (κ1) is 12.3. The quantitative estimate of drug-likeness (QED) is 0.845. The summed E-state index contributed by atoms with van der Waals surface area (Å²) < 4.78 is 5.86. The highest BCUT2D eigenvalue weighted by atomic mass is 16.5. The first-order valence-electron chi connectivity index (χ1n) is 6.43. The Balaban J connectivity index is 1.74. The monoisotopic (exact) mass is 231 g/mol. The topological polar surface area (TPSA) is 35.2 Å². The lowest BCUT2D eigenvalue weighted by atomic mass is 10.1. The second-order valence-corrected chi connectivity index (χ2v) is 4.61. The zero-order valence-electron chi connectivity index (χ0n) is 10.2. The van der Waals surface area contributed by atoms with Crippen LogP contribution < -0.4 is 5.73 Å². The molecule has 1 fully saturated rings. The molecule has 2 rings (SSSR count). The van der Waals surface area contributed by atoms with Crippen molar-refractivity contribution < 1.29 is 4.74 Å². The van der Waals surface area contributed by atoms with Crippen LogP contribution in [0.5, 0.6) is 0 Å². The second-order valence-electron chi connectivity index (χ2n) is 4.61. The Morgan fingerprint density at radius 3 is 2.82 bits per heavy atom. The molecule has 1 aromatic rings. The first-order valence-corrected chi connectivity index (χ1v) is 6.43. The van der Waals surface area contributed by atoms with E-state index in [1.807, 2.05) is 18.2 Å². The van der Waals surface area contributed by atoms with Gasteiger partial charge in [-0.2, -0.15) is 0 Å². The number of hydrogen-bond donors (Lipinski definition) is 1. The zero-order chi connectivity index (χ0) is 11.9. The molecule has 2 heteroatoms. The summed E-state index contributed by atoms with van der Waals surface area (Å²) >= 11 is 0. The van der Waals surface area contributed by atoms with Gasteiger partial charge in [-0.1, -0.05) is 48.9 Å². The summed E-state index contributed by atoms with van der Waals surface area (Å²) in [6.45, 7) is 1.45. The Labute approximate surface area is 103 Å². The lowest BCUT2D eigenvalue weighted by molar-refractivity contribution is 0.0491. The minimum Gasteiger partial charge on any atom is -0.374 e. The molecule has 92 valence electrons. The fourth-order valence-corrected chi connectivity index (χ4v) is 2.42. The predicted molar refractivity (Wildman–Crippen MR) is 71.6 cm³/mol. The molecule has 2 N–H and O–H groups in total. The molecule has 0 spiro atoms. The summed E-state index contributed by atoms with van der Waals surface area (Å²) in [7, 11) is 0. The molecule has 1 aliphatic carbocycles. The second kappa shape index (κ2) is 6.58. The third-order valence-corrected chi connectivity index (χ3v) is 3.41. The molecule has 0 radical (unpaired) electrons. The van der Waals surface area contributed by atoms with Gasteiger partial charge in [0.05, 0.1) is 12.7 Å². The van der Waals surface area contributed by atoms with Crippen molar-refractivity contribution in [3.8, 4) is 0 Å². The summed E-state index contributed by atoms with van der Waals surface area (Å²) in [6.07, 6.45) is 8.22. The number of hydrogen-bond acceptors (Lipinski definition) is 2. The van der Waals surface area contributed by atoms with E-state index in [2.05, 4.69) is 24.3 Å². The lowest BCUT2D eigenvalue weighted by Crippen LogP contribution is -2.25. The van der Waals surface area contributed by atoms with Crippen LogP contribution in [-0.4, -0.2) is 19.3 Å². The Kier molecular flexibility index (Phi) is 4.77. The van der Waals surface area contributed by atoms with E-state index in [-0.39, 0.29) is 0 Å². The van der Waals surface area contributed by atoms with Crippen LogP contribution in [0.4, 0.5) is 0 Å². The SMILES string of the molecule is NCC1CCCC1OCC=Cc1ccccc1. The van der Waals surface area contributed by atoms with Crippen LogP contribution in [-0.2, 0) is 4.74 Å². The average molecular weight is 231 g/mol. The van der Waals surface area contributed by atoms with Crippen molar-refractivity contribution in [2.24, 2.45) is 11.7 Å². The van der Waals surface area contributed by atoms with E-state index in [1.54, 1.807) is 0 Å². The van der Waals surface area contributed by atoms with Gasteiger partial charge in [0.1, 0.15) is 0 Å². The Hall–Kier alpha value is -1.12. The molecule has 0 saturated heterocycles. The largest absolute Gasteiger partial charge is 0.374 e. The van der Waals surface area contributed by atoms with Gasteiger partial charge in [-0.3, -0.25) is 0 Å². The third kappa shape index (κ3) is 3.69. The maximum Gasteiger partial charge on any atom is 0.0654 e. The highest BCUT2D eigenvalue weighted by Gasteiger charge is 2.26. The number of rotatable bonds is 5. The number of benzene rings is 1. The van der Waals surface area contributed by atoms with Gasteiger partial charge in [-0.05, 0) is 30.9 Å². The van der Waals surface area contributed by atoms with E-state index >= 15 is 0 Å². The van der Waals surface area contributed by atoms with E-state index in [0.717, 1.165) is 6.54 Å². The molecule has 1 aliphatic rings. The zero-order valence-corrected chi connectivity index (χ0v) is 10.2. The predicted octanol–water partition coefficient (Wildman–Crippen LogP) is 2.84. The Morgan fingerprint density at radius 1 is 1.24 bits per heavy atom. The summed E-state index contributed by atoms with van der Waals surface area (Å²) in [6, 6.07) is 10.3. The van der Waals surface area contributed by atoms with Crippen molar-refractivity contribution in [2.75, 3.05) is 13.2 Å². The van der Waals surface area contributed by atoms with E-state index in [1.165, 1.54) is 24.8 Å². The molecule has 0 heterocycles. The van der Waals surface area contributed by atoms with E-state index < -0.39 is 0 Å². The molecule has 0 aromatic heterocycles. The molecule has 2 unspecified atom stereocenters. The van der Waals surface area contributed by atoms with Crippen molar-refractivity contribution >= 4 is 6.08 Å². The van der Waals surface area contributed by atoms with Gasteiger partial charge in [-0.25, -0.2) is 0 Å². The van der Waals surface area contributed by atoms with Gasteiger partial charge in [0.15, 0.2) is 0 Å². The maximum atomic E-state index is 5.86. The Bertz CT molecular complexity index is 347. The van der Waals surface area contributed by atoms with E-state index in [4.69, 9.17) is 10.5 Å². The molecule has 0 bridgehead atoms. The van der Waals surface area contributed by atoms with Crippen LogP contribution in [0.2, 0.25) is 0 Å². The van der Waals surface area contributed by atoms with Gasteiger partial charge in [0.25, 0.3) is 0 Å². The molecular formula is C15H21NO. The number of ether oxygens (including phenoxy) is 1. The van der Waals surface area contributed by atoms with Gasteiger partial charge in [0, 0.05) is 0 Å². The summed E-state index contributed by atoms with van der Waals surface area (Å²) in [4.78, 5) is 0. The van der Waals surface area contributed by atoms with Crippen LogP contribution in [0.3, 0.4) is 0 Å². The molecular weight excluding hydrogens is 210 g/mol. The third-order valence-electron chi connectivity index (χ3n) is 3.41. The summed E-state index contributed by atoms with van der Waals surface area (Å²) in [5.74, 6) is 0.570. The van der Waals surface area contributed by atoms with Gasteiger partial charge >= 0.3 is 0 Å². The normalized spacial score (nSPS) is 24.5. The van der Waals surface area contributed by atoms with E-state index in [9.17, 15) is 0 Å². The molecule has 2 nitrogen and oxygen atoms in total. The standard InChI is InChI=1S/C15H21NO/c16-12-14-9-4-10-15(14)17-11-5-8-13-6-2-1-3-7-13/h1-3,5-8,14-15H,4,9-12,16H2. The smallest absolute Gasteiger partial charge is 0.0654 e. The van der Waals surface area contributed by atoms with Crippen molar-refractivity contribution in [1.29, 1.82) is 0 Å². The molecule has 2 atom stereocenters. The molecule has 0 aliphatic heterocycles. The van der Waals surface area contributed by atoms with Crippen molar-refractivity contribution in [2.45, 2.75) is 25.4 Å². The lowest BCUT2D eigenvalue weighted by Gasteiger charge is -2.17. The fourth-order valence-electron chi connectivity index (χ4n) is 2.42. The highest BCUT2D eigenvalue weighted by Crippen LogP contribution is 2.27.